The normalized spacial score (nSPS) is 10.6. The fourth-order valence-electron chi connectivity index (χ4n) is 2.91. The Morgan fingerprint density at radius 2 is 1.96 bits per heavy atom. The summed E-state index contributed by atoms with van der Waals surface area (Å²) in [5.41, 5.74) is 5.27. The minimum Gasteiger partial charge on any atom is -0.378 e. The predicted molar refractivity (Wildman–Crippen MR) is 113 cm³/mol. The lowest BCUT2D eigenvalue weighted by atomic mass is 10.2. The molecule has 0 saturated carbocycles. The number of aryl methyl sites for hydroxylation is 2. The molecule has 3 rings (SSSR count). The summed E-state index contributed by atoms with van der Waals surface area (Å²) < 4.78 is 1.75. The molecule has 1 amide bonds. The Morgan fingerprint density at radius 1 is 1.18 bits per heavy atom. The van der Waals surface area contributed by atoms with Crippen LogP contribution in [0.5, 0.6) is 0 Å². The monoisotopic (exact) mass is 378 g/mol. The average Bonchev–Trinajstić information content (AvgIpc) is 2.93. The summed E-state index contributed by atoms with van der Waals surface area (Å²) >= 11 is 0. The topological polar surface area (TPSA) is 75.1 Å². The molecule has 146 valence electrons. The van der Waals surface area contributed by atoms with Gasteiger partial charge in [-0.1, -0.05) is 12.1 Å². The van der Waals surface area contributed by atoms with Gasteiger partial charge in [0.2, 0.25) is 0 Å². The standard InChI is InChI=1S/C21H26N6O/c1-14-20(15(2)27(5)25-14)24-21(28)17-9-10-19(23-13-17)22-12-16-7-6-8-18(11-16)26(3)4/h6-11,13H,12H2,1-5H3,(H,22,23)(H,24,28). The quantitative estimate of drug-likeness (QED) is 0.688. The highest BCUT2D eigenvalue weighted by Crippen LogP contribution is 2.19. The van der Waals surface area contributed by atoms with Gasteiger partial charge in [0.05, 0.1) is 22.6 Å². The molecule has 0 spiro atoms. The summed E-state index contributed by atoms with van der Waals surface area (Å²) in [6, 6.07) is 11.9. The van der Waals surface area contributed by atoms with Crippen LogP contribution in [0.3, 0.4) is 0 Å². The summed E-state index contributed by atoms with van der Waals surface area (Å²) in [7, 11) is 5.90. The van der Waals surface area contributed by atoms with Crippen molar-refractivity contribution < 1.29 is 4.79 Å². The van der Waals surface area contributed by atoms with Crippen LogP contribution >= 0.6 is 0 Å². The highest BCUT2D eigenvalue weighted by atomic mass is 16.1. The lowest BCUT2D eigenvalue weighted by Crippen LogP contribution is -2.14. The molecule has 3 aromatic rings. The Hall–Kier alpha value is -3.35. The Bertz CT molecular complexity index is 975. The number of nitrogens with zero attached hydrogens (tertiary/aromatic N) is 4. The molecule has 0 aliphatic rings. The molecule has 0 unspecified atom stereocenters. The number of anilines is 3. The van der Waals surface area contributed by atoms with E-state index in [2.05, 4.69) is 43.8 Å². The molecule has 0 bridgehead atoms. The second-order valence-electron chi connectivity index (χ2n) is 6.97. The summed E-state index contributed by atoms with van der Waals surface area (Å²) in [5.74, 6) is 0.525. The number of carbonyl (C=O) groups is 1. The van der Waals surface area contributed by atoms with E-state index in [1.807, 2.05) is 47.1 Å². The van der Waals surface area contributed by atoms with Crippen molar-refractivity contribution in [3.8, 4) is 0 Å². The maximum Gasteiger partial charge on any atom is 0.257 e. The molecule has 0 atom stereocenters. The lowest BCUT2D eigenvalue weighted by Gasteiger charge is -2.14. The molecule has 0 saturated heterocycles. The highest BCUT2D eigenvalue weighted by molar-refractivity contribution is 6.04. The molecule has 0 aliphatic carbocycles. The zero-order chi connectivity index (χ0) is 20.3. The molecule has 2 N–H and O–H groups in total. The van der Waals surface area contributed by atoms with Gasteiger partial charge in [0, 0.05) is 39.6 Å². The SMILES string of the molecule is Cc1nn(C)c(C)c1NC(=O)c1ccc(NCc2cccc(N(C)C)c2)nc1. The van der Waals surface area contributed by atoms with Gasteiger partial charge >= 0.3 is 0 Å². The van der Waals surface area contributed by atoms with E-state index in [4.69, 9.17) is 0 Å². The highest BCUT2D eigenvalue weighted by Gasteiger charge is 2.14. The van der Waals surface area contributed by atoms with Gasteiger partial charge < -0.3 is 15.5 Å². The van der Waals surface area contributed by atoms with Crippen LogP contribution in [0.1, 0.15) is 27.3 Å². The molecule has 0 radical (unpaired) electrons. The van der Waals surface area contributed by atoms with Crippen molar-refractivity contribution in [2.24, 2.45) is 7.05 Å². The zero-order valence-electron chi connectivity index (χ0n) is 16.9. The number of amides is 1. The minimum absolute atomic E-state index is 0.197. The van der Waals surface area contributed by atoms with Gasteiger partial charge in [-0.15, -0.1) is 0 Å². The summed E-state index contributed by atoms with van der Waals surface area (Å²) in [6.07, 6.45) is 1.58. The van der Waals surface area contributed by atoms with Crippen LogP contribution in [0.15, 0.2) is 42.6 Å². The van der Waals surface area contributed by atoms with Crippen LogP contribution in [0, 0.1) is 13.8 Å². The third-order valence-corrected chi connectivity index (χ3v) is 4.67. The number of benzene rings is 1. The van der Waals surface area contributed by atoms with Crippen molar-refractivity contribution in [3.05, 3.63) is 65.1 Å². The van der Waals surface area contributed by atoms with E-state index in [-0.39, 0.29) is 5.91 Å². The number of carbonyl (C=O) groups excluding carboxylic acids is 1. The van der Waals surface area contributed by atoms with Crippen molar-refractivity contribution in [1.29, 1.82) is 0 Å². The number of pyridine rings is 1. The molecular weight excluding hydrogens is 352 g/mol. The van der Waals surface area contributed by atoms with Crippen molar-refractivity contribution >= 4 is 23.1 Å². The largest absolute Gasteiger partial charge is 0.378 e. The number of hydrogen-bond donors (Lipinski definition) is 2. The first-order valence-corrected chi connectivity index (χ1v) is 9.13. The lowest BCUT2D eigenvalue weighted by molar-refractivity contribution is 0.102. The van der Waals surface area contributed by atoms with E-state index in [0.717, 1.165) is 34.1 Å². The smallest absolute Gasteiger partial charge is 0.257 e. The molecule has 2 heterocycles. The first-order valence-electron chi connectivity index (χ1n) is 9.13. The first-order chi connectivity index (χ1) is 13.3. The van der Waals surface area contributed by atoms with E-state index >= 15 is 0 Å². The Balaban J connectivity index is 1.63. The van der Waals surface area contributed by atoms with Crippen molar-refractivity contribution in [1.82, 2.24) is 14.8 Å². The van der Waals surface area contributed by atoms with E-state index in [1.165, 1.54) is 0 Å². The van der Waals surface area contributed by atoms with Crippen LogP contribution in [0.2, 0.25) is 0 Å². The fourth-order valence-corrected chi connectivity index (χ4v) is 2.91. The fraction of sp³-hybridized carbons (Fsp3) is 0.286. The molecule has 1 aromatic carbocycles. The van der Waals surface area contributed by atoms with Crippen molar-refractivity contribution in [2.75, 3.05) is 29.6 Å². The van der Waals surface area contributed by atoms with Gasteiger partial charge in [-0.2, -0.15) is 5.10 Å². The molecule has 7 nitrogen and oxygen atoms in total. The maximum atomic E-state index is 12.5. The van der Waals surface area contributed by atoms with Gasteiger partial charge in [0.15, 0.2) is 0 Å². The van der Waals surface area contributed by atoms with E-state index in [9.17, 15) is 4.79 Å². The van der Waals surface area contributed by atoms with Crippen LogP contribution in [-0.4, -0.2) is 34.8 Å². The van der Waals surface area contributed by atoms with E-state index < -0.39 is 0 Å². The molecular formula is C21H26N6O. The Labute approximate surface area is 165 Å². The van der Waals surface area contributed by atoms with E-state index in [1.54, 1.807) is 16.9 Å². The third-order valence-electron chi connectivity index (χ3n) is 4.67. The molecule has 0 aliphatic heterocycles. The average molecular weight is 378 g/mol. The third kappa shape index (κ3) is 4.31. The van der Waals surface area contributed by atoms with Gasteiger partial charge in [0.1, 0.15) is 5.82 Å². The van der Waals surface area contributed by atoms with Crippen LogP contribution < -0.4 is 15.5 Å². The van der Waals surface area contributed by atoms with Gasteiger partial charge in [-0.25, -0.2) is 4.98 Å². The van der Waals surface area contributed by atoms with Gasteiger partial charge in [-0.3, -0.25) is 9.48 Å². The van der Waals surface area contributed by atoms with E-state index in [0.29, 0.717) is 12.1 Å². The van der Waals surface area contributed by atoms with Gasteiger partial charge in [0.25, 0.3) is 5.91 Å². The molecule has 0 fully saturated rings. The van der Waals surface area contributed by atoms with Gasteiger partial charge in [-0.05, 0) is 43.7 Å². The first kappa shape index (κ1) is 19.4. The molecule has 7 heteroatoms. The summed E-state index contributed by atoms with van der Waals surface area (Å²) in [4.78, 5) is 18.9. The van der Waals surface area contributed by atoms with Crippen LogP contribution in [-0.2, 0) is 13.6 Å². The van der Waals surface area contributed by atoms with Crippen molar-refractivity contribution in [2.45, 2.75) is 20.4 Å². The second-order valence-corrected chi connectivity index (χ2v) is 6.97. The maximum absolute atomic E-state index is 12.5. The Kier molecular flexibility index (Phi) is 5.63. The number of aromatic nitrogens is 3. The number of hydrogen-bond acceptors (Lipinski definition) is 5. The van der Waals surface area contributed by atoms with Crippen LogP contribution in [0.4, 0.5) is 17.2 Å². The van der Waals surface area contributed by atoms with Crippen LogP contribution in [0.25, 0.3) is 0 Å². The summed E-state index contributed by atoms with van der Waals surface area (Å²) in [5, 5.41) is 10.5. The zero-order valence-corrected chi connectivity index (χ0v) is 16.9. The Morgan fingerprint density at radius 3 is 2.57 bits per heavy atom. The molecule has 28 heavy (non-hydrogen) atoms. The predicted octanol–water partition coefficient (Wildman–Crippen LogP) is 3.36. The molecule has 2 aromatic heterocycles. The van der Waals surface area contributed by atoms with Crippen molar-refractivity contribution in [3.63, 3.8) is 0 Å². The number of nitrogens with one attached hydrogen (secondary N) is 2. The number of rotatable bonds is 6. The second kappa shape index (κ2) is 8.12. The summed E-state index contributed by atoms with van der Waals surface area (Å²) in [6.45, 7) is 4.46. The minimum atomic E-state index is -0.197.